The van der Waals surface area contributed by atoms with Gasteiger partial charge in [0.05, 0.1) is 10.1 Å². The summed E-state index contributed by atoms with van der Waals surface area (Å²) in [4.78, 5) is 27.7. The van der Waals surface area contributed by atoms with Gasteiger partial charge in [0.1, 0.15) is 5.78 Å². The maximum Gasteiger partial charge on any atom is 0.236 e. The predicted octanol–water partition coefficient (Wildman–Crippen LogP) is 0.929. The summed E-state index contributed by atoms with van der Waals surface area (Å²) in [6.07, 6.45) is 2.31. The first-order valence-corrected chi connectivity index (χ1v) is 7.83. The molecule has 0 radical (unpaired) electrons. The molecule has 0 bridgehead atoms. The van der Waals surface area contributed by atoms with Gasteiger partial charge >= 0.3 is 0 Å². The summed E-state index contributed by atoms with van der Waals surface area (Å²) in [5.41, 5.74) is 0. The van der Waals surface area contributed by atoms with E-state index in [9.17, 15) is 9.59 Å². The van der Waals surface area contributed by atoms with Gasteiger partial charge < -0.3 is 9.80 Å². The molecule has 0 aromatic rings. The van der Waals surface area contributed by atoms with E-state index in [1.165, 1.54) is 0 Å². The van der Waals surface area contributed by atoms with Crippen LogP contribution in [-0.2, 0) is 9.59 Å². The molecule has 18 heavy (non-hydrogen) atoms. The van der Waals surface area contributed by atoms with E-state index in [4.69, 9.17) is 0 Å². The minimum Gasteiger partial charge on any atom is -0.330 e. The standard InChI is InChI=1S/C13H22N2O2S/c1-10(16)9-11-12(17)15(3)13(18(11)4)5-7-14(2)8-6-13/h11H,4-9H2,1-3H3. The van der Waals surface area contributed by atoms with Crippen LogP contribution in [0.2, 0.25) is 0 Å². The molecule has 2 rings (SSSR count). The predicted molar refractivity (Wildman–Crippen MR) is 76.0 cm³/mol. The van der Waals surface area contributed by atoms with Gasteiger partial charge in [-0.3, -0.25) is 9.59 Å². The van der Waals surface area contributed by atoms with Crippen molar-refractivity contribution < 1.29 is 9.59 Å². The number of Topliss-reactive ketones (excluding diaryl/α,β-unsaturated/α-hetero) is 1. The lowest BCUT2D eigenvalue weighted by Gasteiger charge is -2.43. The van der Waals surface area contributed by atoms with E-state index in [0.717, 1.165) is 25.9 Å². The van der Waals surface area contributed by atoms with Gasteiger partial charge in [-0.25, -0.2) is 0 Å². The van der Waals surface area contributed by atoms with Crippen LogP contribution in [0.5, 0.6) is 0 Å². The third-order valence-corrected chi connectivity index (χ3v) is 7.00. The molecule has 2 fully saturated rings. The molecule has 0 aliphatic carbocycles. The highest BCUT2D eigenvalue weighted by molar-refractivity contribution is 8.16. The molecule has 2 aliphatic heterocycles. The average molecular weight is 270 g/mol. The quantitative estimate of drug-likeness (QED) is 0.701. The zero-order valence-corrected chi connectivity index (χ0v) is 12.3. The lowest BCUT2D eigenvalue weighted by molar-refractivity contribution is -0.132. The molecule has 2 heterocycles. The summed E-state index contributed by atoms with van der Waals surface area (Å²) in [5.74, 6) is 4.48. The van der Waals surface area contributed by atoms with E-state index in [1.807, 2.05) is 11.9 Å². The SMILES string of the molecule is C=S1C(CC(C)=O)C(=O)N(C)C12CCN(C)CC2. The smallest absolute Gasteiger partial charge is 0.236 e. The van der Waals surface area contributed by atoms with Crippen LogP contribution in [0.3, 0.4) is 0 Å². The van der Waals surface area contributed by atoms with Crippen LogP contribution in [0.4, 0.5) is 0 Å². The van der Waals surface area contributed by atoms with Gasteiger partial charge in [-0.2, -0.15) is 10.5 Å². The van der Waals surface area contributed by atoms with Crippen molar-refractivity contribution in [2.45, 2.75) is 36.3 Å². The number of piperidine rings is 1. The molecular formula is C13H22N2O2S. The first kappa shape index (κ1) is 13.7. The average Bonchev–Trinajstić information content (AvgIpc) is 2.48. The number of carbonyl (C=O) groups excluding carboxylic acids is 2. The first-order chi connectivity index (χ1) is 8.38. The lowest BCUT2D eigenvalue weighted by atomic mass is 10.0. The topological polar surface area (TPSA) is 40.6 Å². The van der Waals surface area contributed by atoms with Crippen molar-refractivity contribution in [3.05, 3.63) is 0 Å². The molecule has 5 heteroatoms. The molecule has 0 aromatic carbocycles. The monoisotopic (exact) mass is 270 g/mol. The largest absolute Gasteiger partial charge is 0.330 e. The first-order valence-electron chi connectivity index (χ1n) is 6.37. The number of rotatable bonds is 2. The number of nitrogens with zero attached hydrogens (tertiary/aromatic N) is 2. The number of amides is 1. The summed E-state index contributed by atoms with van der Waals surface area (Å²) in [6.45, 7) is 3.57. The van der Waals surface area contributed by atoms with Crippen LogP contribution >= 0.6 is 10.5 Å². The van der Waals surface area contributed by atoms with E-state index in [0.29, 0.717) is 6.42 Å². The molecular weight excluding hydrogens is 248 g/mol. The second-order valence-electron chi connectivity index (χ2n) is 5.47. The highest BCUT2D eigenvalue weighted by atomic mass is 32.2. The number of likely N-dealkylation sites (tertiary alicyclic amines) is 1. The van der Waals surface area contributed by atoms with Gasteiger partial charge in [0.25, 0.3) is 0 Å². The Balaban J connectivity index is 2.25. The fraction of sp³-hybridized carbons (Fsp3) is 0.769. The molecule has 1 amide bonds. The lowest BCUT2D eigenvalue weighted by Crippen LogP contribution is -2.49. The molecule has 4 nitrogen and oxygen atoms in total. The Bertz CT molecular complexity index is 400. The fourth-order valence-corrected chi connectivity index (χ4v) is 5.51. The van der Waals surface area contributed by atoms with Crippen molar-refractivity contribution in [1.29, 1.82) is 0 Å². The Kier molecular flexibility index (Phi) is 3.65. The van der Waals surface area contributed by atoms with Gasteiger partial charge in [0, 0.05) is 26.6 Å². The second kappa shape index (κ2) is 4.78. The molecule has 1 spiro atoms. The molecule has 2 unspecified atom stereocenters. The van der Waals surface area contributed by atoms with Crippen molar-refractivity contribution in [1.82, 2.24) is 9.80 Å². The van der Waals surface area contributed by atoms with Crippen molar-refractivity contribution in [3.63, 3.8) is 0 Å². The van der Waals surface area contributed by atoms with Crippen molar-refractivity contribution in [2.24, 2.45) is 0 Å². The fourth-order valence-electron chi connectivity index (χ4n) is 2.99. The van der Waals surface area contributed by atoms with E-state index >= 15 is 0 Å². The van der Waals surface area contributed by atoms with Gasteiger partial charge in [-0.05, 0) is 26.8 Å². The Morgan fingerprint density at radius 3 is 2.50 bits per heavy atom. The maximum absolute atomic E-state index is 12.3. The van der Waals surface area contributed by atoms with Gasteiger partial charge in [0.15, 0.2) is 0 Å². The minimum absolute atomic E-state index is 0.0906. The van der Waals surface area contributed by atoms with Crippen molar-refractivity contribution >= 4 is 28.0 Å². The normalized spacial score (nSPS) is 32.2. The van der Waals surface area contributed by atoms with Gasteiger partial charge in [0.2, 0.25) is 5.91 Å². The Morgan fingerprint density at radius 2 is 2.00 bits per heavy atom. The Hall–Kier alpha value is -0.680. The van der Waals surface area contributed by atoms with Crippen LogP contribution in [0, 0.1) is 0 Å². The van der Waals surface area contributed by atoms with Gasteiger partial charge in [-0.1, -0.05) is 5.87 Å². The minimum atomic E-state index is -0.273. The van der Waals surface area contributed by atoms with Crippen molar-refractivity contribution in [3.8, 4) is 0 Å². The number of hydrogen-bond donors (Lipinski definition) is 0. The molecule has 0 N–H and O–H groups in total. The molecule has 2 atom stereocenters. The Labute approximate surface area is 111 Å². The summed E-state index contributed by atoms with van der Waals surface area (Å²) in [7, 11) is 3.72. The van der Waals surface area contributed by atoms with Gasteiger partial charge in [-0.15, -0.1) is 0 Å². The highest BCUT2D eigenvalue weighted by Crippen LogP contribution is 2.51. The van der Waals surface area contributed by atoms with Crippen LogP contribution < -0.4 is 0 Å². The van der Waals surface area contributed by atoms with E-state index in [2.05, 4.69) is 17.8 Å². The Morgan fingerprint density at radius 1 is 1.44 bits per heavy atom. The molecule has 102 valence electrons. The molecule has 0 aromatic heterocycles. The summed E-state index contributed by atoms with van der Waals surface area (Å²) in [5, 5.41) is -0.184. The number of hydrogen-bond acceptors (Lipinski definition) is 3. The molecule has 2 saturated heterocycles. The van der Waals surface area contributed by atoms with E-state index < -0.39 is 0 Å². The summed E-state index contributed by atoms with van der Waals surface area (Å²) in [6, 6.07) is 0. The van der Waals surface area contributed by atoms with Crippen LogP contribution in [0.15, 0.2) is 0 Å². The zero-order chi connectivity index (χ0) is 13.5. The highest BCUT2D eigenvalue weighted by Gasteiger charge is 2.52. The van der Waals surface area contributed by atoms with Crippen molar-refractivity contribution in [2.75, 3.05) is 27.2 Å². The van der Waals surface area contributed by atoms with Crippen LogP contribution in [0.25, 0.3) is 0 Å². The maximum atomic E-state index is 12.3. The van der Waals surface area contributed by atoms with Crippen LogP contribution in [0.1, 0.15) is 26.2 Å². The van der Waals surface area contributed by atoms with E-state index in [1.54, 1.807) is 6.92 Å². The third kappa shape index (κ3) is 2.03. The molecule has 0 saturated carbocycles. The number of carbonyl (C=O) groups is 2. The van der Waals surface area contributed by atoms with Crippen LogP contribution in [-0.4, -0.2) is 64.7 Å². The summed E-state index contributed by atoms with van der Waals surface area (Å²) >= 11 is 0. The third-order valence-electron chi connectivity index (χ3n) is 4.29. The second-order valence-corrected chi connectivity index (χ2v) is 7.66. The molecule has 2 aliphatic rings. The van der Waals surface area contributed by atoms with E-state index in [-0.39, 0.29) is 32.3 Å². The summed E-state index contributed by atoms with van der Waals surface area (Å²) < 4.78 is 0. The zero-order valence-electron chi connectivity index (χ0n) is 11.4. The number of ketones is 1.